The van der Waals surface area contributed by atoms with Crippen LogP contribution in [0.15, 0.2) is 35.6 Å². The predicted molar refractivity (Wildman–Crippen MR) is 73.2 cm³/mol. The molecule has 6 nitrogen and oxygen atoms in total. The monoisotopic (exact) mass is 278 g/mol. The lowest BCUT2D eigenvalue weighted by Gasteiger charge is -2.10. The van der Waals surface area contributed by atoms with Gasteiger partial charge in [-0.3, -0.25) is 9.71 Å². The number of nitrogen functional groups attached to an aromatic ring is 1. The van der Waals surface area contributed by atoms with Crippen molar-refractivity contribution in [1.82, 2.24) is 9.97 Å². The summed E-state index contributed by atoms with van der Waals surface area (Å²) in [6.45, 7) is 3.66. The molecule has 0 aliphatic heterocycles. The van der Waals surface area contributed by atoms with E-state index in [9.17, 15) is 8.42 Å². The van der Waals surface area contributed by atoms with Crippen molar-refractivity contribution in [2.45, 2.75) is 18.7 Å². The van der Waals surface area contributed by atoms with Gasteiger partial charge in [0.1, 0.15) is 0 Å². The molecule has 0 bridgehead atoms. The van der Waals surface area contributed by atoms with Crippen molar-refractivity contribution in [1.29, 1.82) is 0 Å². The molecule has 0 aliphatic carbocycles. The summed E-state index contributed by atoms with van der Waals surface area (Å²) < 4.78 is 26.7. The van der Waals surface area contributed by atoms with Gasteiger partial charge in [0, 0.05) is 18.1 Å². The van der Waals surface area contributed by atoms with Gasteiger partial charge in [0.15, 0.2) is 5.82 Å². The molecule has 0 aliphatic rings. The molecule has 100 valence electrons. The predicted octanol–water partition coefficient (Wildman–Crippen LogP) is 1.48. The maximum atomic E-state index is 12.2. The van der Waals surface area contributed by atoms with Crippen LogP contribution < -0.4 is 10.5 Å². The number of hydrogen-bond acceptors (Lipinski definition) is 5. The maximum Gasteiger partial charge on any atom is 0.263 e. The van der Waals surface area contributed by atoms with Gasteiger partial charge in [-0.05, 0) is 37.1 Å². The topological polar surface area (TPSA) is 98.0 Å². The van der Waals surface area contributed by atoms with Gasteiger partial charge < -0.3 is 5.73 Å². The number of nitrogens with zero attached hydrogens (tertiary/aromatic N) is 2. The van der Waals surface area contributed by atoms with Crippen LogP contribution in [0.3, 0.4) is 0 Å². The fourth-order valence-corrected chi connectivity index (χ4v) is 2.67. The molecule has 0 atom stereocenters. The molecule has 1 aromatic heterocycles. The third-order valence-corrected chi connectivity index (χ3v) is 4.13. The standard InChI is InChI=1S/C12H14N4O2S/c1-8-5-10(6-11(13)9(8)2)19(17,18)16-12-7-14-3-4-15-12/h3-7H,13H2,1-2H3,(H,15,16). The Morgan fingerprint density at radius 2 is 1.95 bits per heavy atom. The smallest absolute Gasteiger partial charge is 0.263 e. The van der Waals surface area contributed by atoms with E-state index in [1.54, 1.807) is 6.07 Å². The maximum absolute atomic E-state index is 12.2. The average Bonchev–Trinajstić information content (AvgIpc) is 2.36. The van der Waals surface area contributed by atoms with Crippen LogP contribution in [0.25, 0.3) is 0 Å². The van der Waals surface area contributed by atoms with Crippen LogP contribution in [0, 0.1) is 13.8 Å². The SMILES string of the molecule is Cc1cc(S(=O)(=O)Nc2cnccn2)cc(N)c1C. The van der Waals surface area contributed by atoms with Crippen molar-refractivity contribution in [3.8, 4) is 0 Å². The zero-order chi connectivity index (χ0) is 14.0. The van der Waals surface area contributed by atoms with E-state index in [-0.39, 0.29) is 10.7 Å². The minimum Gasteiger partial charge on any atom is -0.398 e. The summed E-state index contributed by atoms with van der Waals surface area (Å²) in [5.41, 5.74) is 7.93. The minimum atomic E-state index is -3.71. The van der Waals surface area contributed by atoms with Crippen LogP contribution in [0.1, 0.15) is 11.1 Å². The molecular weight excluding hydrogens is 264 g/mol. The molecule has 0 radical (unpaired) electrons. The Balaban J connectivity index is 2.40. The van der Waals surface area contributed by atoms with E-state index in [1.807, 2.05) is 13.8 Å². The van der Waals surface area contributed by atoms with Crippen molar-refractivity contribution >= 4 is 21.5 Å². The van der Waals surface area contributed by atoms with E-state index < -0.39 is 10.0 Å². The lowest BCUT2D eigenvalue weighted by atomic mass is 10.1. The number of rotatable bonds is 3. The molecule has 7 heteroatoms. The number of benzene rings is 1. The second-order valence-electron chi connectivity index (χ2n) is 4.15. The normalized spacial score (nSPS) is 11.3. The summed E-state index contributed by atoms with van der Waals surface area (Å²) >= 11 is 0. The highest BCUT2D eigenvalue weighted by atomic mass is 32.2. The molecule has 1 aromatic carbocycles. The summed E-state index contributed by atoms with van der Waals surface area (Å²) in [4.78, 5) is 7.78. The molecule has 19 heavy (non-hydrogen) atoms. The summed E-state index contributed by atoms with van der Waals surface area (Å²) in [6, 6.07) is 3.01. The highest BCUT2D eigenvalue weighted by molar-refractivity contribution is 7.92. The van der Waals surface area contributed by atoms with Crippen molar-refractivity contribution in [3.05, 3.63) is 41.9 Å². The second kappa shape index (κ2) is 4.85. The Kier molecular flexibility index (Phi) is 3.39. The second-order valence-corrected chi connectivity index (χ2v) is 5.83. The molecule has 0 spiro atoms. The van der Waals surface area contributed by atoms with Gasteiger partial charge in [-0.15, -0.1) is 0 Å². The number of sulfonamides is 1. The van der Waals surface area contributed by atoms with Crippen LogP contribution in [0.2, 0.25) is 0 Å². The van der Waals surface area contributed by atoms with Crippen LogP contribution in [-0.4, -0.2) is 18.4 Å². The number of hydrogen-bond donors (Lipinski definition) is 2. The lowest BCUT2D eigenvalue weighted by Crippen LogP contribution is -2.15. The van der Waals surface area contributed by atoms with Gasteiger partial charge in [-0.25, -0.2) is 13.4 Å². The molecule has 3 N–H and O–H groups in total. The third kappa shape index (κ3) is 2.82. The Bertz CT molecular complexity index is 676. The average molecular weight is 278 g/mol. The molecule has 2 aromatic rings. The molecule has 0 unspecified atom stereocenters. The highest BCUT2D eigenvalue weighted by Gasteiger charge is 2.17. The fourth-order valence-electron chi connectivity index (χ4n) is 1.56. The molecule has 0 amide bonds. The van der Waals surface area contributed by atoms with Gasteiger partial charge in [0.05, 0.1) is 11.1 Å². The molecule has 0 saturated carbocycles. The van der Waals surface area contributed by atoms with E-state index in [0.717, 1.165) is 11.1 Å². The molecule has 0 fully saturated rings. The Hall–Kier alpha value is -2.15. The van der Waals surface area contributed by atoms with E-state index in [1.165, 1.54) is 24.7 Å². The summed E-state index contributed by atoms with van der Waals surface area (Å²) in [7, 11) is -3.71. The van der Waals surface area contributed by atoms with Gasteiger partial charge in [0.25, 0.3) is 10.0 Å². The van der Waals surface area contributed by atoms with Crippen LogP contribution >= 0.6 is 0 Å². The first-order valence-electron chi connectivity index (χ1n) is 5.56. The van der Waals surface area contributed by atoms with Crippen molar-refractivity contribution in [2.24, 2.45) is 0 Å². The number of nitrogens with one attached hydrogen (secondary N) is 1. The van der Waals surface area contributed by atoms with Gasteiger partial charge >= 0.3 is 0 Å². The summed E-state index contributed by atoms with van der Waals surface area (Å²) in [6.07, 6.45) is 4.21. The van der Waals surface area contributed by atoms with Gasteiger partial charge in [0.2, 0.25) is 0 Å². The fraction of sp³-hybridized carbons (Fsp3) is 0.167. The van der Waals surface area contributed by atoms with Crippen molar-refractivity contribution in [3.63, 3.8) is 0 Å². The van der Waals surface area contributed by atoms with Crippen LogP contribution in [0.5, 0.6) is 0 Å². The van der Waals surface area contributed by atoms with E-state index in [4.69, 9.17) is 5.73 Å². The van der Waals surface area contributed by atoms with E-state index >= 15 is 0 Å². The van der Waals surface area contributed by atoms with E-state index in [0.29, 0.717) is 5.69 Å². The number of nitrogens with two attached hydrogens (primary N) is 1. The van der Waals surface area contributed by atoms with Crippen molar-refractivity contribution in [2.75, 3.05) is 10.5 Å². The Morgan fingerprint density at radius 1 is 1.21 bits per heavy atom. The quantitative estimate of drug-likeness (QED) is 0.829. The van der Waals surface area contributed by atoms with Crippen LogP contribution in [0.4, 0.5) is 11.5 Å². The largest absolute Gasteiger partial charge is 0.398 e. The van der Waals surface area contributed by atoms with Gasteiger partial charge in [-0.1, -0.05) is 0 Å². The first-order chi connectivity index (χ1) is 8.90. The third-order valence-electron chi connectivity index (χ3n) is 2.79. The Labute approximate surface area is 111 Å². The highest BCUT2D eigenvalue weighted by Crippen LogP contribution is 2.22. The molecule has 0 saturated heterocycles. The summed E-state index contributed by atoms with van der Waals surface area (Å²) in [5.74, 6) is 0.166. The van der Waals surface area contributed by atoms with E-state index in [2.05, 4.69) is 14.7 Å². The number of aryl methyl sites for hydroxylation is 1. The molecule has 1 heterocycles. The molecule has 2 rings (SSSR count). The zero-order valence-corrected chi connectivity index (χ0v) is 11.4. The number of aromatic nitrogens is 2. The van der Waals surface area contributed by atoms with Crippen molar-refractivity contribution < 1.29 is 8.42 Å². The van der Waals surface area contributed by atoms with Crippen LogP contribution in [-0.2, 0) is 10.0 Å². The minimum absolute atomic E-state index is 0.110. The molecular formula is C12H14N4O2S. The first kappa shape index (κ1) is 13.3. The summed E-state index contributed by atoms with van der Waals surface area (Å²) in [5, 5.41) is 0. The van der Waals surface area contributed by atoms with Gasteiger partial charge in [-0.2, -0.15) is 0 Å². The zero-order valence-electron chi connectivity index (χ0n) is 10.6. The lowest BCUT2D eigenvalue weighted by molar-refractivity contribution is 0.601. The first-order valence-corrected chi connectivity index (χ1v) is 7.04. The Morgan fingerprint density at radius 3 is 2.53 bits per heavy atom. The number of anilines is 2.